The number of oxazole rings is 1. The SMILES string of the molecule is CC(C)C1CCC(n2cc(NC(=O)c3coc(-c4ccnc(N[C@H]5CCCC[C@H]5O)c4)n3)c(C(F)F)n2)CC1.[HH]. The first kappa shape index (κ1) is 27.2. The summed E-state index contributed by atoms with van der Waals surface area (Å²) < 4.78 is 34.7. The zero-order valence-corrected chi connectivity index (χ0v) is 22.3. The first-order valence-corrected chi connectivity index (χ1v) is 13.8. The van der Waals surface area contributed by atoms with Gasteiger partial charge in [-0.25, -0.2) is 18.7 Å². The standard InChI is InChI=1S/C28H36F2N6O3.H2/c1-16(2)17-7-9-19(10-8-17)36-14-21(25(35-36)26(29)30)33-27(38)22-15-39-28(34-22)18-11-12-31-24(13-18)32-20-5-3-4-6-23(20)37;/h11-17,19-20,23,26,37H,3-10H2,1-2H3,(H,31,32)(H,33,38);1H/t17?,19?,20-,23+;/m0./s1. The second-order valence-electron chi connectivity index (χ2n) is 11.0. The minimum atomic E-state index is -2.83. The van der Waals surface area contributed by atoms with Gasteiger partial charge in [0.15, 0.2) is 11.4 Å². The summed E-state index contributed by atoms with van der Waals surface area (Å²) in [6, 6.07) is 3.39. The van der Waals surface area contributed by atoms with Crippen molar-refractivity contribution in [3.63, 3.8) is 0 Å². The van der Waals surface area contributed by atoms with Crippen LogP contribution in [0, 0.1) is 11.8 Å². The molecule has 39 heavy (non-hydrogen) atoms. The summed E-state index contributed by atoms with van der Waals surface area (Å²) in [6.07, 6.45) is 8.49. The molecule has 2 saturated carbocycles. The van der Waals surface area contributed by atoms with Crippen LogP contribution in [0.25, 0.3) is 11.5 Å². The van der Waals surface area contributed by atoms with Crippen LogP contribution >= 0.6 is 0 Å². The average molecular weight is 545 g/mol. The topological polar surface area (TPSA) is 118 Å². The van der Waals surface area contributed by atoms with Crippen molar-refractivity contribution < 1.29 is 24.5 Å². The number of amides is 1. The molecule has 0 bridgehead atoms. The number of alkyl halides is 2. The van der Waals surface area contributed by atoms with Gasteiger partial charge in [0.2, 0.25) is 5.89 Å². The number of halogens is 2. The number of anilines is 2. The number of hydrogen-bond acceptors (Lipinski definition) is 7. The van der Waals surface area contributed by atoms with Gasteiger partial charge in [0.05, 0.1) is 23.9 Å². The molecule has 5 rings (SSSR count). The van der Waals surface area contributed by atoms with Gasteiger partial charge in [0.25, 0.3) is 12.3 Å². The summed E-state index contributed by atoms with van der Waals surface area (Å²) in [5, 5.41) is 20.2. The lowest BCUT2D eigenvalue weighted by Crippen LogP contribution is -2.36. The third-order valence-corrected chi connectivity index (χ3v) is 8.08. The second-order valence-corrected chi connectivity index (χ2v) is 11.0. The molecule has 212 valence electrons. The van der Waals surface area contributed by atoms with Crippen molar-refractivity contribution in [2.75, 3.05) is 10.6 Å². The zero-order valence-electron chi connectivity index (χ0n) is 22.3. The molecule has 2 atom stereocenters. The summed E-state index contributed by atoms with van der Waals surface area (Å²) in [5.41, 5.74) is 0.0825. The molecule has 3 heterocycles. The molecule has 11 heteroatoms. The Morgan fingerprint density at radius 2 is 1.95 bits per heavy atom. The summed E-state index contributed by atoms with van der Waals surface area (Å²) in [4.78, 5) is 21.5. The predicted octanol–water partition coefficient (Wildman–Crippen LogP) is 6.47. The van der Waals surface area contributed by atoms with Gasteiger partial charge in [0.1, 0.15) is 12.1 Å². The highest BCUT2D eigenvalue weighted by atomic mass is 19.3. The second kappa shape index (κ2) is 11.8. The summed E-state index contributed by atoms with van der Waals surface area (Å²) in [7, 11) is 0. The third-order valence-electron chi connectivity index (χ3n) is 8.08. The third kappa shape index (κ3) is 6.29. The van der Waals surface area contributed by atoms with Crippen molar-refractivity contribution in [3.8, 4) is 11.5 Å². The molecule has 2 fully saturated rings. The van der Waals surface area contributed by atoms with Crippen molar-refractivity contribution in [1.29, 1.82) is 0 Å². The Bertz CT molecular complexity index is 1270. The first-order chi connectivity index (χ1) is 18.8. The Labute approximate surface area is 227 Å². The maximum absolute atomic E-state index is 13.8. The first-order valence-electron chi connectivity index (χ1n) is 13.8. The molecule has 2 aliphatic rings. The maximum atomic E-state index is 13.8. The van der Waals surface area contributed by atoms with E-state index in [2.05, 4.69) is 39.5 Å². The Morgan fingerprint density at radius 1 is 1.18 bits per heavy atom. The molecule has 0 spiro atoms. The maximum Gasteiger partial charge on any atom is 0.284 e. The van der Waals surface area contributed by atoms with Gasteiger partial charge in [-0.3, -0.25) is 9.48 Å². The van der Waals surface area contributed by atoms with Crippen LogP contribution in [0.15, 0.2) is 35.2 Å². The normalized spacial score (nSPS) is 23.8. The Balaban J connectivity index is 0.00000370. The van der Waals surface area contributed by atoms with Crippen LogP contribution in [0.3, 0.4) is 0 Å². The lowest BCUT2D eigenvalue weighted by molar-refractivity contribution is 0.102. The lowest BCUT2D eigenvalue weighted by atomic mass is 9.80. The Kier molecular flexibility index (Phi) is 8.25. The molecule has 0 radical (unpaired) electrons. The van der Waals surface area contributed by atoms with Crippen LogP contribution in [0.5, 0.6) is 0 Å². The molecular weight excluding hydrogens is 506 g/mol. The van der Waals surface area contributed by atoms with Gasteiger partial charge in [0, 0.05) is 19.4 Å². The van der Waals surface area contributed by atoms with E-state index < -0.39 is 24.1 Å². The molecule has 0 saturated heterocycles. The van der Waals surface area contributed by atoms with Crippen LogP contribution in [-0.4, -0.2) is 42.9 Å². The molecular formula is C28H38F2N6O3. The van der Waals surface area contributed by atoms with E-state index in [0.717, 1.165) is 51.4 Å². The number of aliphatic hydroxyl groups excluding tert-OH is 1. The summed E-state index contributed by atoms with van der Waals surface area (Å²) in [6.45, 7) is 4.42. The number of aliphatic hydroxyl groups is 1. The van der Waals surface area contributed by atoms with E-state index in [4.69, 9.17) is 4.42 Å². The number of pyridine rings is 1. The number of carbonyl (C=O) groups is 1. The average Bonchev–Trinajstić information content (AvgIpc) is 3.59. The number of nitrogens with zero attached hydrogens (tertiary/aromatic N) is 4. The molecule has 3 aromatic heterocycles. The number of carbonyl (C=O) groups excluding carboxylic acids is 1. The van der Waals surface area contributed by atoms with E-state index >= 15 is 0 Å². The predicted molar refractivity (Wildman–Crippen MR) is 145 cm³/mol. The lowest BCUT2D eigenvalue weighted by Gasteiger charge is -2.30. The van der Waals surface area contributed by atoms with Gasteiger partial charge >= 0.3 is 0 Å². The molecule has 0 aromatic carbocycles. The number of aromatic nitrogens is 4. The van der Waals surface area contributed by atoms with Gasteiger partial charge in [-0.15, -0.1) is 0 Å². The Hall–Kier alpha value is -3.34. The molecule has 2 aliphatic carbocycles. The highest BCUT2D eigenvalue weighted by molar-refractivity contribution is 6.03. The molecule has 3 aromatic rings. The molecule has 0 aliphatic heterocycles. The van der Waals surface area contributed by atoms with Crippen molar-refractivity contribution in [1.82, 2.24) is 19.7 Å². The van der Waals surface area contributed by atoms with Crippen LogP contribution in [-0.2, 0) is 0 Å². The van der Waals surface area contributed by atoms with E-state index in [0.29, 0.717) is 23.2 Å². The fourth-order valence-corrected chi connectivity index (χ4v) is 5.69. The van der Waals surface area contributed by atoms with E-state index in [9.17, 15) is 18.7 Å². The highest BCUT2D eigenvalue weighted by Crippen LogP contribution is 2.37. The number of rotatable bonds is 8. The van der Waals surface area contributed by atoms with Crippen molar-refractivity contribution in [3.05, 3.63) is 42.2 Å². The molecule has 0 unspecified atom stereocenters. The number of nitrogens with one attached hydrogen (secondary N) is 2. The van der Waals surface area contributed by atoms with E-state index in [1.54, 1.807) is 23.0 Å². The monoisotopic (exact) mass is 544 g/mol. The van der Waals surface area contributed by atoms with E-state index in [1.807, 2.05) is 0 Å². The van der Waals surface area contributed by atoms with Crippen molar-refractivity contribution >= 4 is 17.4 Å². The van der Waals surface area contributed by atoms with E-state index in [1.165, 1.54) is 12.5 Å². The van der Waals surface area contributed by atoms with Crippen molar-refractivity contribution in [2.24, 2.45) is 11.8 Å². The fraction of sp³-hybridized carbons (Fsp3) is 0.571. The molecule has 3 N–H and O–H groups in total. The molecule has 9 nitrogen and oxygen atoms in total. The van der Waals surface area contributed by atoms with Gasteiger partial charge in [-0.2, -0.15) is 5.10 Å². The van der Waals surface area contributed by atoms with Crippen LogP contribution < -0.4 is 10.6 Å². The fourth-order valence-electron chi connectivity index (χ4n) is 5.69. The summed E-state index contributed by atoms with van der Waals surface area (Å²) >= 11 is 0. The van der Waals surface area contributed by atoms with Gasteiger partial charge in [-0.1, -0.05) is 26.7 Å². The quantitative estimate of drug-likeness (QED) is 0.297. The summed E-state index contributed by atoms with van der Waals surface area (Å²) in [5.74, 6) is 1.34. The van der Waals surface area contributed by atoms with Crippen LogP contribution in [0.2, 0.25) is 0 Å². The minimum absolute atomic E-state index is 0. The van der Waals surface area contributed by atoms with Crippen molar-refractivity contribution in [2.45, 2.75) is 89.8 Å². The largest absolute Gasteiger partial charge is 0.444 e. The van der Waals surface area contributed by atoms with Gasteiger partial charge in [-0.05, 0) is 62.5 Å². The highest BCUT2D eigenvalue weighted by Gasteiger charge is 2.28. The van der Waals surface area contributed by atoms with Crippen LogP contribution in [0.4, 0.5) is 20.3 Å². The minimum Gasteiger partial charge on any atom is -0.444 e. The van der Waals surface area contributed by atoms with E-state index in [-0.39, 0.29) is 30.8 Å². The van der Waals surface area contributed by atoms with Gasteiger partial charge < -0.3 is 20.2 Å². The smallest absolute Gasteiger partial charge is 0.284 e. The zero-order chi connectivity index (χ0) is 27.5. The molecule has 1 amide bonds. The van der Waals surface area contributed by atoms with Crippen LogP contribution in [0.1, 0.15) is 95.3 Å². The Morgan fingerprint density at radius 3 is 2.67 bits per heavy atom. The number of hydrogen-bond donors (Lipinski definition) is 3.